The quantitative estimate of drug-likeness (QED) is 0.427. The summed E-state index contributed by atoms with van der Waals surface area (Å²) < 4.78 is 39.1. The van der Waals surface area contributed by atoms with Crippen LogP contribution < -0.4 is 5.73 Å². The Kier molecular flexibility index (Phi) is 5.52. The van der Waals surface area contributed by atoms with E-state index in [9.17, 15) is 13.2 Å². The summed E-state index contributed by atoms with van der Waals surface area (Å²) in [4.78, 5) is 3.85. The fourth-order valence-corrected chi connectivity index (χ4v) is 0.610. The van der Waals surface area contributed by atoms with Crippen LogP contribution in [0.25, 0.3) is 0 Å². The predicted octanol–water partition coefficient (Wildman–Crippen LogP) is 1.58. The van der Waals surface area contributed by atoms with Gasteiger partial charge in [0.1, 0.15) is 6.61 Å². The number of amidine groups is 1. The summed E-state index contributed by atoms with van der Waals surface area (Å²) in [6.45, 7) is 2.59. The SMILES string of the molecule is CC(C)C(N)=NCCOCC(F)(F)F. The van der Waals surface area contributed by atoms with Crippen LogP contribution >= 0.6 is 0 Å². The van der Waals surface area contributed by atoms with E-state index in [1.54, 1.807) is 0 Å². The number of nitrogens with zero attached hydrogens (tertiary/aromatic N) is 1. The van der Waals surface area contributed by atoms with Gasteiger partial charge in [0, 0.05) is 5.92 Å². The first-order valence-corrected chi connectivity index (χ1v) is 4.27. The van der Waals surface area contributed by atoms with Gasteiger partial charge in [0.15, 0.2) is 0 Å². The molecule has 0 saturated heterocycles. The van der Waals surface area contributed by atoms with Crippen LogP contribution in [0.2, 0.25) is 0 Å². The van der Waals surface area contributed by atoms with Crippen molar-refractivity contribution in [2.24, 2.45) is 16.6 Å². The molecule has 0 aromatic carbocycles. The van der Waals surface area contributed by atoms with Crippen molar-refractivity contribution in [1.82, 2.24) is 0 Å². The Morgan fingerprint density at radius 3 is 2.43 bits per heavy atom. The zero-order valence-corrected chi connectivity index (χ0v) is 8.27. The van der Waals surface area contributed by atoms with Crippen LogP contribution in [0.3, 0.4) is 0 Å². The lowest BCUT2D eigenvalue weighted by atomic mass is 10.2. The Hall–Kier alpha value is -0.780. The minimum absolute atomic E-state index is 0.0626. The van der Waals surface area contributed by atoms with Gasteiger partial charge in [-0.2, -0.15) is 13.2 Å². The van der Waals surface area contributed by atoms with E-state index < -0.39 is 12.8 Å². The largest absolute Gasteiger partial charge is 0.411 e. The van der Waals surface area contributed by atoms with Crippen LogP contribution in [-0.4, -0.2) is 31.8 Å². The third-order valence-corrected chi connectivity index (χ3v) is 1.39. The predicted molar refractivity (Wildman–Crippen MR) is 48.2 cm³/mol. The second-order valence-electron chi connectivity index (χ2n) is 3.13. The summed E-state index contributed by atoms with van der Waals surface area (Å²) in [5.41, 5.74) is 5.46. The Balaban J connectivity index is 3.52. The highest BCUT2D eigenvalue weighted by Gasteiger charge is 2.27. The molecule has 0 rings (SSSR count). The van der Waals surface area contributed by atoms with Gasteiger partial charge >= 0.3 is 6.18 Å². The first-order chi connectivity index (χ1) is 6.33. The van der Waals surface area contributed by atoms with Crippen molar-refractivity contribution in [3.63, 3.8) is 0 Å². The number of ether oxygens (including phenoxy) is 1. The lowest BCUT2D eigenvalue weighted by molar-refractivity contribution is -0.173. The molecule has 0 spiro atoms. The smallest absolute Gasteiger partial charge is 0.387 e. The van der Waals surface area contributed by atoms with Crippen molar-refractivity contribution < 1.29 is 17.9 Å². The maximum Gasteiger partial charge on any atom is 0.411 e. The highest BCUT2D eigenvalue weighted by molar-refractivity contribution is 5.82. The topological polar surface area (TPSA) is 47.6 Å². The maximum absolute atomic E-state index is 11.6. The molecule has 0 unspecified atom stereocenters. The van der Waals surface area contributed by atoms with Gasteiger partial charge in [0.05, 0.1) is 19.0 Å². The van der Waals surface area contributed by atoms with Crippen molar-refractivity contribution in [2.75, 3.05) is 19.8 Å². The molecular formula is C8H15F3N2O. The Bertz CT molecular complexity index is 190. The molecule has 0 bridgehead atoms. The van der Waals surface area contributed by atoms with E-state index in [2.05, 4.69) is 9.73 Å². The monoisotopic (exact) mass is 212 g/mol. The third kappa shape index (κ3) is 7.85. The normalized spacial score (nSPS) is 13.7. The first kappa shape index (κ1) is 13.2. The highest BCUT2D eigenvalue weighted by Crippen LogP contribution is 2.13. The lowest BCUT2D eigenvalue weighted by Gasteiger charge is -2.07. The summed E-state index contributed by atoms with van der Waals surface area (Å²) in [6, 6.07) is 0. The van der Waals surface area contributed by atoms with Gasteiger partial charge in [0.2, 0.25) is 0 Å². The van der Waals surface area contributed by atoms with Gasteiger partial charge in [-0.25, -0.2) is 0 Å². The molecule has 0 heterocycles. The number of rotatable bonds is 5. The molecular weight excluding hydrogens is 197 g/mol. The van der Waals surface area contributed by atoms with E-state index in [1.807, 2.05) is 13.8 Å². The fourth-order valence-electron chi connectivity index (χ4n) is 0.610. The molecule has 0 aliphatic carbocycles. The van der Waals surface area contributed by atoms with E-state index in [-0.39, 0.29) is 19.1 Å². The molecule has 14 heavy (non-hydrogen) atoms. The third-order valence-electron chi connectivity index (χ3n) is 1.39. The molecule has 6 heteroatoms. The molecule has 0 amide bonds. The first-order valence-electron chi connectivity index (χ1n) is 4.27. The van der Waals surface area contributed by atoms with Gasteiger partial charge in [-0.15, -0.1) is 0 Å². The number of nitrogens with two attached hydrogens (primary N) is 1. The molecule has 0 saturated carbocycles. The molecule has 0 fully saturated rings. The minimum Gasteiger partial charge on any atom is -0.387 e. The number of hydrogen-bond acceptors (Lipinski definition) is 2. The van der Waals surface area contributed by atoms with Crippen molar-refractivity contribution in [3.8, 4) is 0 Å². The Morgan fingerprint density at radius 1 is 1.43 bits per heavy atom. The van der Waals surface area contributed by atoms with Crippen LogP contribution in [-0.2, 0) is 4.74 Å². The second kappa shape index (κ2) is 5.85. The van der Waals surface area contributed by atoms with Crippen molar-refractivity contribution >= 4 is 5.84 Å². The van der Waals surface area contributed by atoms with Gasteiger partial charge in [0.25, 0.3) is 0 Å². The van der Waals surface area contributed by atoms with Gasteiger partial charge in [-0.05, 0) is 0 Å². The van der Waals surface area contributed by atoms with E-state index in [1.165, 1.54) is 0 Å². The molecule has 0 aromatic heterocycles. The second-order valence-corrected chi connectivity index (χ2v) is 3.13. The van der Waals surface area contributed by atoms with Crippen LogP contribution in [0.5, 0.6) is 0 Å². The van der Waals surface area contributed by atoms with Crippen LogP contribution in [0.4, 0.5) is 13.2 Å². The highest BCUT2D eigenvalue weighted by atomic mass is 19.4. The summed E-state index contributed by atoms with van der Waals surface area (Å²) in [6.07, 6.45) is -4.27. The summed E-state index contributed by atoms with van der Waals surface area (Å²) in [5.74, 6) is 0.540. The maximum atomic E-state index is 11.6. The summed E-state index contributed by atoms with van der Waals surface area (Å²) in [7, 11) is 0. The number of alkyl halides is 3. The molecule has 84 valence electrons. The van der Waals surface area contributed by atoms with Gasteiger partial charge in [-0.1, -0.05) is 13.8 Å². The zero-order chi connectivity index (χ0) is 11.2. The molecule has 0 radical (unpaired) electrons. The van der Waals surface area contributed by atoms with E-state index in [0.717, 1.165) is 0 Å². The fraction of sp³-hybridized carbons (Fsp3) is 0.875. The summed E-state index contributed by atoms with van der Waals surface area (Å²) in [5, 5.41) is 0. The lowest BCUT2D eigenvalue weighted by Crippen LogP contribution is -2.21. The van der Waals surface area contributed by atoms with Crippen molar-refractivity contribution in [3.05, 3.63) is 0 Å². The van der Waals surface area contributed by atoms with E-state index >= 15 is 0 Å². The minimum atomic E-state index is -4.27. The van der Waals surface area contributed by atoms with Crippen LogP contribution in [0.15, 0.2) is 4.99 Å². The van der Waals surface area contributed by atoms with Gasteiger partial charge in [-0.3, -0.25) is 4.99 Å². The van der Waals surface area contributed by atoms with E-state index in [4.69, 9.17) is 5.73 Å². The van der Waals surface area contributed by atoms with E-state index in [0.29, 0.717) is 5.84 Å². The average Bonchev–Trinajstić information content (AvgIpc) is 2.01. The zero-order valence-electron chi connectivity index (χ0n) is 8.27. The van der Waals surface area contributed by atoms with Gasteiger partial charge < -0.3 is 10.5 Å². The number of hydrogen-bond donors (Lipinski definition) is 1. The molecule has 0 atom stereocenters. The Morgan fingerprint density at radius 2 is 2.00 bits per heavy atom. The molecule has 3 nitrogen and oxygen atoms in total. The van der Waals surface area contributed by atoms with Crippen molar-refractivity contribution in [1.29, 1.82) is 0 Å². The Labute approximate surface area is 81.1 Å². The molecule has 0 aromatic rings. The molecule has 2 N–H and O–H groups in total. The standard InChI is InChI=1S/C8H15F3N2O/c1-6(2)7(12)13-3-4-14-5-8(9,10)11/h6H,3-5H2,1-2H3,(H2,12,13). The van der Waals surface area contributed by atoms with Crippen LogP contribution in [0, 0.1) is 5.92 Å². The van der Waals surface area contributed by atoms with Crippen LogP contribution in [0.1, 0.15) is 13.8 Å². The van der Waals surface area contributed by atoms with Crippen molar-refractivity contribution in [2.45, 2.75) is 20.0 Å². The molecule has 0 aliphatic heterocycles. The average molecular weight is 212 g/mol. The molecule has 0 aliphatic rings. The number of halogens is 3. The number of aliphatic imine (C=N–C) groups is 1. The summed E-state index contributed by atoms with van der Waals surface area (Å²) >= 11 is 0.